The van der Waals surface area contributed by atoms with Gasteiger partial charge in [-0.25, -0.2) is 4.98 Å². The average molecular weight is 288 g/mol. The summed E-state index contributed by atoms with van der Waals surface area (Å²) in [5, 5.41) is 1.03. The molecule has 2 N–H and O–H groups in total. The SMILES string of the molecule is COc1ccc(Sc2ncc(CC(C)N)cc2C)cc1. The third kappa shape index (κ3) is 3.99. The van der Waals surface area contributed by atoms with E-state index in [1.165, 1.54) is 11.1 Å². The second-order valence-corrected chi connectivity index (χ2v) is 5.99. The van der Waals surface area contributed by atoms with E-state index in [0.29, 0.717) is 0 Å². The van der Waals surface area contributed by atoms with Crippen LogP contribution in [-0.2, 0) is 6.42 Å². The number of rotatable bonds is 5. The van der Waals surface area contributed by atoms with Crippen LogP contribution in [0.2, 0.25) is 0 Å². The molecule has 1 heterocycles. The molecule has 20 heavy (non-hydrogen) atoms. The van der Waals surface area contributed by atoms with E-state index in [9.17, 15) is 0 Å². The number of nitrogens with two attached hydrogens (primary N) is 1. The molecule has 2 rings (SSSR count). The Kier molecular flexibility index (Phi) is 5.04. The molecule has 1 atom stereocenters. The van der Waals surface area contributed by atoms with Crippen LogP contribution in [0.4, 0.5) is 0 Å². The molecule has 4 heteroatoms. The van der Waals surface area contributed by atoms with E-state index in [1.54, 1.807) is 18.9 Å². The van der Waals surface area contributed by atoms with E-state index in [4.69, 9.17) is 10.5 Å². The summed E-state index contributed by atoms with van der Waals surface area (Å²) in [5.41, 5.74) is 8.19. The third-order valence-corrected chi connectivity index (χ3v) is 4.05. The Hall–Kier alpha value is -1.52. The van der Waals surface area contributed by atoms with E-state index in [0.717, 1.165) is 22.1 Å². The van der Waals surface area contributed by atoms with Crippen molar-refractivity contribution in [3.05, 3.63) is 47.7 Å². The minimum atomic E-state index is 0.163. The minimum Gasteiger partial charge on any atom is -0.497 e. The molecule has 0 radical (unpaired) electrons. The Labute approximate surface area is 124 Å². The molecule has 0 saturated heterocycles. The van der Waals surface area contributed by atoms with Crippen LogP contribution in [0.1, 0.15) is 18.1 Å². The van der Waals surface area contributed by atoms with Crippen LogP contribution in [0.5, 0.6) is 5.75 Å². The van der Waals surface area contributed by atoms with Crippen molar-refractivity contribution in [2.75, 3.05) is 7.11 Å². The first-order chi connectivity index (χ1) is 9.58. The van der Waals surface area contributed by atoms with Gasteiger partial charge in [0.05, 0.1) is 7.11 Å². The summed E-state index contributed by atoms with van der Waals surface area (Å²) >= 11 is 1.66. The fourth-order valence-electron chi connectivity index (χ4n) is 1.97. The summed E-state index contributed by atoms with van der Waals surface area (Å²) in [4.78, 5) is 5.70. The van der Waals surface area contributed by atoms with Gasteiger partial charge in [-0.1, -0.05) is 17.8 Å². The lowest BCUT2D eigenvalue weighted by Crippen LogP contribution is -2.17. The van der Waals surface area contributed by atoms with Crippen LogP contribution in [0.15, 0.2) is 46.5 Å². The molecule has 0 aliphatic rings. The molecule has 0 aliphatic carbocycles. The number of pyridine rings is 1. The van der Waals surface area contributed by atoms with Crippen molar-refractivity contribution in [1.82, 2.24) is 4.98 Å². The molecular formula is C16H20N2OS. The number of nitrogens with zero attached hydrogens (tertiary/aromatic N) is 1. The summed E-state index contributed by atoms with van der Waals surface area (Å²) in [7, 11) is 1.67. The van der Waals surface area contributed by atoms with Gasteiger partial charge in [0, 0.05) is 17.1 Å². The van der Waals surface area contributed by atoms with Crippen LogP contribution in [0, 0.1) is 6.92 Å². The zero-order valence-electron chi connectivity index (χ0n) is 12.1. The minimum absolute atomic E-state index is 0.163. The normalized spacial score (nSPS) is 12.2. The maximum atomic E-state index is 5.82. The van der Waals surface area contributed by atoms with Gasteiger partial charge < -0.3 is 10.5 Å². The Morgan fingerprint density at radius 2 is 2.00 bits per heavy atom. The summed E-state index contributed by atoms with van der Waals surface area (Å²) in [6.07, 6.45) is 2.78. The molecule has 0 saturated carbocycles. The van der Waals surface area contributed by atoms with Gasteiger partial charge in [-0.2, -0.15) is 0 Å². The molecule has 0 fully saturated rings. The van der Waals surface area contributed by atoms with Gasteiger partial charge >= 0.3 is 0 Å². The van der Waals surface area contributed by atoms with E-state index < -0.39 is 0 Å². The highest BCUT2D eigenvalue weighted by Crippen LogP contribution is 2.30. The monoisotopic (exact) mass is 288 g/mol. The fraction of sp³-hybridized carbons (Fsp3) is 0.312. The van der Waals surface area contributed by atoms with Crippen LogP contribution in [-0.4, -0.2) is 18.1 Å². The fourth-order valence-corrected chi connectivity index (χ4v) is 2.79. The molecule has 1 unspecified atom stereocenters. The van der Waals surface area contributed by atoms with Crippen molar-refractivity contribution in [1.29, 1.82) is 0 Å². The van der Waals surface area contributed by atoms with Gasteiger partial charge in [-0.3, -0.25) is 0 Å². The second kappa shape index (κ2) is 6.77. The number of aromatic nitrogens is 1. The van der Waals surface area contributed by atoms with Crippen LogP contribution < -0.4 is 10.5 Å². The summed E-state index contributed by atoms with van der Waals surface area (Å²) in [6, 6.07) is 10.3. The van der Waals surface area contributed by atoms with E-state index in [-0.39, 0.29) is 6.04 Å². The average Bonchev–Trinajstić information content (AvgIpc) is 2.42. The second-order valence-electron chi connectivity index (χ2n) is 4.92. The van der Waals surface area contributed by atoms with Crippen molar-refractivity contribution in [3.63, 3.8) is 0 Å². The summed E-state index contributed by atoms with van der Waals surface area (Å²) in [6.45, 7) is 4.10. The molecule has 3 nitrogen and oxygen atoms in total. The van der Waals surface area contributed by atoms with Crippen molar-refractivity contribution in [3.8, 4) is 5.75 Å². The largest absolute Gasteiger partial charge is 0.497 e. The highest BCUT2D eigenvalue weighted by Gasteiger charge is 2.06. The number of methoxy groups -OCH3 is 1. The van der Waals surface area contributed by atoms with Crippen molar-refractivity contribution in [2.24, 2.45) is 5.73 Å². The zero-order chi connectivity index (χ0) is 14.5. The number of hydrogen-bond acceptors (Lipinski definition) is 4. The van der Waals surface area contributed by atoms with Crippen LogP contribution >= 0.6 is 11.8 Å². The maximum Gasteiger partial charge on any atom is 0.118 e. The van der Waals surface area contributed by atoms with Gasteiger partial charge in [0.2, 0.25) is 0 Å². The molecule has 1 aromatic carbocycles. The highest BCUT2D eigenvalue weighted by molar-refractivity contribution is 7.99. The first kappa shape index (κ1) is 14.9. The molecule has 1 aromatic heterocycles. The van der Waals surface area contributed by atoms with Crippen LogP contribution in [0.25, 0.3) is 0 Å². The van der Waals surface area contributed by atoms with Gasteiger partial charge in [-0.15, -0.1) is 0 Å². The van der Waals surface area contributed by atoms with Crippen LogP contribution in [0.3, 0.4) is 0 Å². The van der Waals surface area contributed by atoms with E-state index in [1.807, 2.05) is 37.4 Å². The van der Waals surface area contributed by atoms with Crippen molar-refractivity contribution >= 4 is 11.8 Å². The maximum absolute atomic E-state index is 5.82. The number of benzene rings is 1. The Morgan fingerprint density at radius 3 is 2.55 bits per heavy atom. The molecular weight excluding hydrogens is 268 g/mol. The van der Waals surface area contributed by atoms with E-state index >= 15 is 0 Å². The first-order valence-electron chi connectivity index (χ1n) is 6.61. The third-order valence-electron chi connectivity index (χ3n) is 2.92. The molecule has 0 bridgehead atoms. The molecule has 106 valence electrons. The van der Waals surface area contributed by atoms with E-state index in [2.05, 4.69) is 18.0 Å². The highest BCUT2D eigenvalue weighted by atomic mass is 32.2. The lowest BCUT2D eigenvalue weighted by Gasteiger charge is -2.09. The van der Waals surface area contributed by atoms with Gasteiger partial charge in [0.1, 0.15) is 10.8 Å². The molecule has 0 aliphatic heterocycles. The first-order valence-corrected chi connectivity index (χ1v) is 7.43. The number of ether oxygens (including phenoxy) is 1. The number of aryl methyl sites for hydroxylation is 1. The molecule has 0 spiro atoms. The van der Waals surface area contributed by atoms with Gasteiger partial charge in [-0.05, 0) is 55.7 Å². The Morgan fingerprint density at radius 1 is 1.30 bits per heavy atom. The Bertz CT molecular complexity index is 567. The lowest BCUT2D eigenvalue weighted by molar-refractivity contribution is 0.414. The Balaban J connectivity index is 2.12. The predicted octanol–water partition coefficient (Wildman–Crippen LogP) is 3.44. The molecule has 2 aromatic rings. The lowest BCUT2D eigenvalue weighted by atomic mass is 10.1. The predicted molar refractivity (Wildman–Crippen MR) is 83.4 cm³/mol. The molecule has 0 amide bonds. The summed E-state index contributed by atoms with van der Waals surface area (Å²) < 4.78 is 5.16. The summed E-state index contributed by atoms with van der Waals surface area (Å²) in [5.74, 6) is 0.867. The topological polar surface area (TPSA) is 48.1 Å². The number of hydrogen-bond donors (Lipinski definition) is 1. The standard InChI is InChI=1S/C16H20N2OS/c1-11-8-13(9-12(2)17)10-18-16(11)20-15-6-4-14(19-3)5-7-15/h4-8,10,12H,9,17H2,1-3H3. The van der Waals surface area contributed by atoms with Gasteiger partial charge in [0.25, 0.3) is 0 Å². The van der Waals surface area contributed by atoms with Crippen molar-refractivity contribution in [2.45, 2.75) is 36.2 Å². The van der Waals surface area contributed by atoms with Crippen molar-refractivity contribution < 1.29 is 4.74 Å². The van der Waals surface area contributed by atoms with Gasteiger partial charge in [0.15, 0.2) is 0 Å². The quantitative estimate of drug-likeness (QED) is 0.915. The smallest absolute Gasteiger partial charge is 0.118 e. The zero-order valence-corrected chi connectivity index (χ0v) is 12.9.